The lowest BCUT2D eigenvalue weighted by molar-refractivity contribution is -0.135. The second-order valence-electron chi connectivity index (χ2n) is 4.82. The van der Waals surface area contributed by atoms with Crippen LogP contribution in [0.25, 0.3) is 0 Å². The minimum atomic E-state index is 0.798. The summed E-state index contributed by atoms with van der Waals surface area (Å²) in [5.41, 5.74) is 4.01. The van der Waals surface area contributed by atoms with Crippen LogP contribution in [0.15, 0.2) is 84.9 Å². The van der Waals surface area contributed by atoms with Crippen LogP contribution in [0.4, 0.5) is 17.1 Å². The highest BCUT2D eigenvalue weighted by molar-refractivity contribution is 6.46. The molecule has 0 bridgehead atoms. The van der Waals surface area contributed by atoms with Crippen molar-refractivity contribution in [3.05, 3.63) is 84.9 Å². The predicted octanol–water partition coefficient (Wildman–Crippen LogP) is 3.89. The Balaban J connectivity index is 2.02. The molecule has 0 spiro atoms. The molecule has 0 fully saturated rings. The van der Waals surface area contributed by atoms with E-state index in [1.165, 1.54) is 7.48 Å². The third-order valence-corrected chi connectivity index (χ3v) is 3.37. The summed E-state index contributed by atoms with van der Waals surface area (Å²) in [5.74, 6) is 0. The Hall–Kier alpha value is -2.56. The maximum atomic E-state index is 8.49. The molecule has 3 rings (SSSR count). The van der Waals surface area contributed by atoms with Gasteiger partial charge in [0.05, 0.1) is 0 Å². The van der Waals surface area contributed by atoms with E-state index in [4.69, 9.17) is 5.26 Å². The van der Waals surface area contributed by atoms with E-state index in [9.17, 15) is 0 Å². The second kappa shape index (κ2) is 6.94. The summed E-state index contributed by atoms with van der Waals surface area (Å²) in [5, 5.41) is 8.49. The molecule has 0 heterocycles. The number of benzene rings is 3. The summed E-state index contributed by atoms with van der Waals surface area (Å²) in [4.78, 5) is 6.23. The van der Waals surface area contributed by atoms with Gasteiger partial charge in [-0.2, -0.15) is 0 Å². The lowest BCUT2D eigenvalue weighted by Gasteiger charge is -2.25. The van der Waals surface area contributed by atoms with E-state index in [0.29, 0.717) is 0 Å². The predicted molar refractivity (Wildman–Crippen MR) is 90.2 cm³/mol. The third kappa shape index (κ3) is 3.19. The average Bonchev–Trinajstić information content (AvgIpc) is 2.59. The van der Waals surface area contributed by atoms with Crippen molar-refractivity contribution in [2.75, 3.05) is 4.90 Å². The molecule has 1 N–H and O–H groups in total. The van der Waals surface area contributed by atoms with E-state index in [0.717, 1.165) is 22.5 Å². The summed E-state index contributed by atoms with van der Waals surface area (Å²) >= 11 is 0. The quantitative estimate of drug-likeness (QED) is 0.439. The van der Waals surface area contributed by atoms with E-state index in [1.54, 1.807) is 0 Å². The molecule has 0 saturated carbocycles. The third-order valence-electron chi connectivity index (χ3n) is 3.37. The van der Waals surface area contributed by atoms with Gasteiger partial charge >= 0.3 is 7.48 Å². The summed E-state index contributed by atoms with van der Waals surface area (Å²) in [6, 6.07) is 28.2. The molecular formula is C18H15BNO2. The number of hydrogen-bond acceptors (Lipinski definition) is 3. The van der Waals surface area contributed by atoms with E-state index < -0.39 is 0 Å². The smallest absolute Gasteiger partial charge is 0.311 e. The fourth-order valence-corrected chi connectivity index (χ4v) is 2.36. The van der Waals surface area contributed by atoms with Crippen LogP contribution < -0.4 is 10.4 Å². The number of hydrogen-bond donors (Lipinski definition) is 1. The standard InChI is InChI=1S/C18H15BNO2/c21-22-19-15-11-13-18(14-12-15)20(16-7-3-1-4-8-16)17-9-5-2-6-10-17/h1-14,21H. The molecule has 0 aliphatic rings. The van der Waals surface area contributed by atoms with Gasteiger partial charge in [-0.25, -0.2) is 0 Å². The van der Waals surface area contributed by atoms with Crippen molar-refractivity contribution < 1.29 is 10.1 Å². The highest BCUT2D eigenvalue weighted by atomic mass is 17.1. The van der Waals surface area contributed by atoms with Crippen molar-refractivity contribution >= 4 is 30.0 Å². The van der Waals surface area contributed by atoms with Gasteiger partial charge in [0.2, 0.25) is 0 Å². The highest BCUT2D eigenvalue weighted by Crippen LogP contribution is 2.33. The molecule has 0 aliphatic heterocycles. The molecule has 4 heteroatoms. The molecule has 3 aromatic rings. The van der Waals surface area contributed by atoms with E-state index in [1.807, 2.05) is 60.7 Å². The Bertz CT molecular complexity index is 663. The fourth-order valence-electron chi connectivity index (χ4n) is 2.36. The van der Waals surface area contributed by atoms with Crippen molar-refractivity contribution in [3.63, 3.8) is 0 Å². The largest absolute Gasteiger partial charge is 0.381 e. The Labute approximate surface area is 130 Å². The lowest BCUT2D eigenvalue weighted by atomic mass is 9.88. The van der Waals surface area contributed by atoms with Gasteiger partial charge in [-0.05, 0) is 41.9 Å². The molecule has 3 nitrogen and oxygen atoms in total. The zero-order chi connectivity index (χ0) is 15.2. The van der Waals surface area contributed by atoms with Gasteiger partial charge in [0.1, 0.15) is 0 Å². The van der Waals surface area contributed by atoms with E-state index in [2.05, 4.69) is 34.0 Å². The summed E-state index contributed by atoms with van der Waals surface area (Å²) < 4.78 is 0. The average molecular weight is 288 g/mol. The summed E-state index contributed by atoms with van der Waals surface area (Å²) in [7, 11) is 1.29. The first-order chi connectivity index (χ1) is 10.9. The first kappa shape index (κ1) is 14.4. The Morgan fingerprint density at radius 1 is 0.636 bits per heavy atom. The summed E-state index contributed by atoms with van der Waals surface area (Å²) in [6.45, 7) is 0. The van der Waals surface area contributed by atoms with E-state index >= 15 is 0 Å². The van der Waals surface area contributed by atoms with Gasteiger partial charge in [0.25, 0.3) is 0 Å². The minimum Gasteiger partial charge on any atom is -0.311 e. The maximum Gasteiger partial charge on any atom is 0.381 e. The van der Waals surface area contributed by atoms with Crippen molar-refractivity contribution in [1.82, 2.24) is 0 Å². The number of nitrogens with zero attached hydrogens (tertiary/aromatic N) is 1. The van der Waals surface area contributed by atoms with Gasteiger partial charge in [-0.15, -0.1) is 0 Å². The summed E-state index contributed by atoms with van der Waals surface area (Å²) in [6.07, 6.45) is 0. The topological polar surface area (TPSA) is 32.7 Å². The van der Waals surface area contributed by atoms with Crippen molar-refractivity contribution in [2.45, 2.75) is 0 Å². The van der Waals surface area contributed by atoms with Crippen LogP contribution in [0.5, 0.6) is 0 Å². The van der Waals surface area contributed by atoms with Gasteiger partial charge < -0.3 is 9.70 Å². The van der Waals surface area contributed by atoms with Crippen LogP contribution in [0.1, 0.15) is 0 Å². The van der Waals surface area contributed by atoms with E-state index in [-0.39, 0.29) is 0 Å². The zero-order valence-corrected chi connectivity index (χ0v) is 12.0. The first-order valence-corrected chi connectivity index (χ1v) is 7.02. The van der Waals surface area contributed by atoms with Gasteiger partial charge in [-0.1, -0.05) is 48.5 Å². The molecule has 0 aromatic heterocycles. The van der Waals surface area contributed by atoms with Crippen LogP contribution in [0.3, 0.4) is 0 Å². The van der Waals surface area contributed by atoms with Crippen LogP contribution in [-0.2, 0) is 4.81 Å². The van der Waals surface area contributed by atoms with Gasteiger partial charge in [0, 0.05) is 17.1 Å². The number of anilines is 3. The molecule has 107 valence electrons. The fraction of sp³-hybridized carbons (Fsp3) is 0. The monoisotopic (exact) mass is 288 g/mol. The molecule has 0 saturated heterocycles. The molecule has 0 atom stereocenters. The van der Waals surface area contributed by atoms with Gasteiger partial charge in [-0.3, -0.25) is 5.26 Å². The van der Waals surface area contributed by atoms with Crippen LogP contribution in [-0.4, -0.2) is 12.7 Å². The van der Waals surface area contributed by atoms with Crippen LogP contribution >= 0.6 is 0 Å². The number of para-hydroxylation sites is 2. The number of rotatable bonds is 5. The van der Waals surface area contributed by atoms with Crippen molar-refractivity contribution in [1.29, 1.82) is 0 Å². The van der Waals surface area contributed by atoms with Crippen LogP contribution in [0, 0.1) is 0 Å². The Kier molecular flexibility index (Phi) is 4.54. The van der Waals surface area contributed by atoms with Crippen LogP contribution in [0.2, 0.25) is 0 Å². The molecule has 22 heavy (non-hydrogen) atoms. The Morgan fingerprint density at radius 2 is 1.09 bits per heavy atom. The first-order valence-electron chi connectivity index (χ1n) is 7.02. The van der Waals surface area contributed by atoms with Crippen molar-refractivity contribution in [3.8, 4) is 0 Å². The normalized spacial score (nSPS) is 10.2. The molecule has 0 aliphatic carbocycles. The zero-order valence-electron chi connectivity index (χ0n) is 12.0. The Morgan fingerprint density at radius 3 is 1.55 bits per heavy atom. The minimum absolute atomic E-state index is 0.798. The maximum absolute atomic E-state index is 8.49. The molecule has 0 unspecified atom stereocenters. The second-order valence-corrected chi connectivity index (χ2v) is 4.82. The molecule has 0 amide bonds. The van der Waals surface area contributed by atoms with Crippen molar-refractivity contribution in [2.24, 2.45) is 0 Å². The lowest BCUT2D eigenvalue weighted by Crippen LogP contribution is -2.17. The molecule has 1 radical (unpaired) electrons. The van der Waals surface area contributed by atoms with Gasteiger partial charge in [0.15, 0.2) is 0 Å². The highest BCUT2D eigenvalue weighted by Gasteiger charge is 2.11. The SMILES string of the molecule is OO[B]c1ccc(N(c2ccccc2)c2ccccc2)cc1. The molecular weight excluding hydrogens is 273 g/mol. The molecule has 3 aromatic carbocycles.